The SMILES string of the molecule is O=S(=O)(OC1=CC(c2cccc(Cl)c2)OCC1)C(F)(F)F. The molecule has 2 rings (SSSR count). The molecule has 1 heterocycles. The molecule has 0 saturated heterocycles. The lowest BCUT2D eigenvalue weighted by atomic mass is 10.1. The smallest absolute Gasteiger partial charge is 0.381 e. The third kappa shape index (κ3) is 3.90. The average molecular weight is 343 g/mol. The van der Waals surface area contributed by atoms with Crippen LogP contribution in [-0.2, 0) is 19.0 Å². The highest BCUT2D eigenvalue weighted by molar-refractivity contribution is 7.87. The summed E-state index contributed by atoms with van der Waals surface area (Å²) in [5, 5.41) is 0.431. The van der Waals surface area contributed by atoms with Gasteiger partial charge in [-0.1, -0.05) is 23.7 Å². The Labute approximate surface area is 124 Å². The number of ether oxygens (including phenoxy) is 1. The van der Waals surface area contributed by atoms with Gasteiger partial charge in [0.2, 0.25) is 0 Å². The van der Waals surface area contributed by atoms with Gasteiger partial charge in [0.1, 0.15) is 11.9 Å². The zero-order valence-corrected chi connectivity index (χ0v) is 12.0. The molecule has 9 heteroatoms. The number of halogens is 4. The Bertz CT molecular complexity index is 655. The molecular formula is C12H10ClF3O4S. The van der Waals surface area contributed by atoms with E-state index in [4.69, 9.17) is 16.3 Å². The number of hydrogen-bond acceptors (Lipinski definition) is 4. The van der Waals surface area contributed by atoms with Crippen LogP contribution >= 0.6 is 11.6 Å². The largest absolute Gasteiger partial charge is 0.534 e. The summed E-state index contributed by atoms with van der Waals surface area (Å²) < 4.78 is 68.2. The van der Waals surface area contributed by atoms with Gasteiger partial charge in [0.05, 0.1) is 6.61 Å². The third-order valence-corrected chi connectivity index (χ3v) is 3.90. The van der Waals surface area contributed by atoms with Crippen LogP contribution in [-0.4, -0.2) is 20.5 Å². The van der Waals surface area contributed by atoms with Gasteiger partial charge in [-0.15, -0.1) is 0 Å². The second-order valence-electron chi connectivity index (χ2n) is 4.21. The molecular weight excluding hydrogens is 333 g/mol. The van der Waals surface area contributed by atoms with Gasteiger partial charge in [-0.2, -0.15) is 21.6 Å². The van der Waals surface area contributed by atoms with E-state index in [9.17, 15) is 21.6 Å². The van der Waals surface area contributed by atoms with Crippen LogP contribution < -0.4 is 0 Å². The first-order valence-electron chi connectivity index (χ1n) is 5.77. The van der Waals surface area contributed by atoms with E-state index in [0.717, 1.165) is 0 Å². The third-order valence-electron chi connectivity index (χ3n) is 2.66. The van der Waals surface area contributed by atoms with Crippen molar-refractivity contribution in [3.05, 3.63) is 46.7 Å². The maximum absolute atomic E-state index is 12.3. The second kappa shape index (κ2) is 5.86. The van der Waals surface area contributed by atoms with E-state index in [0.29, 0.717) is 10.6 Å². The lowest BCUT2D eigenvalue weighted by Gasteiger charge is -2.22. The van der Waals surface area contributed by atoms with Crippen molar-refractivity contribution < 1.29 is 30.5 Å². The van der Waals surface area contributed by atoms with Crippen molar-refractivity contribution in [1.29, 1.82) is 0 Å². The number of benzene rings is 1. The summed E-state index contributed by atoms with van der Waals surface area (Å²) in [4.78, 5) is 0. The van der Waals surface area contributed by atoms with Crippen LogP contribution in [0, 0.1) is 0 Å². The molecule has 1 aliphatic rings. The van der Waals surface area contributed by atoms with Crippen LogP contribution in [0.15, 0.2) is 36.1 Å². The van der Waals surface area contributed by atoms with Crippen LogP contribution in [0.1, 0.15) is 18.1 Å². The van der Waals surface area contributed by atoms with Gasteiger partial charge in [-0.05, 0) is 23.8 Å². The Morgan fingerprint density at radius 1 is 1.33 bits per heavy atom. The quantitative estimate of drug-likeness (QED) is 0.622. The van der Waals surface area contributed by atoms with E-state index >= 15 is 0 Å². The summed E-state index contributed by atoms with van der Waals surface area (Å²) in [7, 11) is -5.66. The molecule has 0 N–H and O–H groups in total. The topological polar surface area (TPSA) is 52.6 Å². The van der Waals surface area contributed by atoms with Crippen molar-refractivity contribution in [3.63, 3.8) is 0 Å². The maximum atomic E-state index is 12.3. The number of hydrogen-bond donors (Lipinski definition) is 0. The fraction of sp³-hybridized carbons (Fsp3) is 0.333. The van der Waals surface area contributed by atoms with Crippen molar-refractivity contribution in [2.75, 3.05) is 6.61 Å². The molecule has 0 bridgehead atoms. The van der Waals surface area contributed by atoms with E-state index in [2.05, 4.69) is 4.18 Å². The summed E-state index contributed by atoms with van der Waals surface area (Å²) in [6.07, 6.45) is 0.418. The predicted molar refractivity (Wildman–Crippen MR) is 68.9 cm³/mol. The molecule has 0 amide bonds. The minimum atomic E-state index is -5.66. The lowest BCUT2D eigenvalue weighted by Crippen LogP contribution is -2.26. The van der Waals surface area contributed by atoms with Gasteiger partial charge < -0.3 is 8.92 Å². The molecule has 0 fully saturated rings. The minimum absolute atomic E-state index is 0.0381. The fourth-order valence-corrected chi connectivity index (χ4v) is 2.43. The van der Waals surface area contributed by atoms with Gasteiger partial charge >= 0.3 is 15.6 Å². The van der Waals surface area contributed by atoms with Gasteiger partial charge in [0.15, 0.2) is 0 Å². The van der Waals surface area contributed by atoms with Crippen molar-refractivity contribution in [1.82, 2.24) is 0 Å². The van der Waals surface area contributed by atoms with Crippen molar-refractivity contribution in [2.45, 2.75) is 18.0 Å². The summed E-state index contributed by atoms with van der Waals surface area (Å²) >= 11 is 5.81. The summed E-state index contributed by atoms with van der Waals surface area (Å²) in [6.45, 7) is 0.0381. The van der Waals surface area contributed by atoms with Crippen molar-refractivity contribution >= 4 is 21.7 Å². The number of rotatable bonds is 3. The molecule has 21 heavy (non-hydrogen) atoms. The molecule has 1 aliphatic heterocycles. The number of alkyl halides is 3. The second-order valence-corrected chi connectivity index (χ2v) is 6.19. The molecule has 1 atom stereocenters. The normalized spacial score (nSPS) is 20.0. The highest BCUT2D eigenvalue weighted by Gasteiger charge is 2.49. The zero-order valence-electron chi connectivity index (χ0n) is 10.4. The fourth-order valence-electron chi connectivity index (χ4n) is 1.72. The highest BCUT2D eigenvalue weighted by Crippen LogP contribution is 2.32. The highest BCUT2D eigenvalue weighted by atomic mass is 35.5. The Hall–Kier alpha value is -1.25. The van der Waals surface area contributed by atoms with Crippen LogP contribution in [0.2, 0.25) is 5.02 Å². The molecule has 116 valence electrons. The van der Waals surface area contributed by atoms with E-state index in [1.165, 1.54) is 6.08 Å². The van der Waals surface area contributed by atoms with Crippen LogP contribution in [0.5, 0.6) is 0 Å². The molecule has 0 spiro atoms. The Kier molecular flexibility index (Phi) is 4.50. The van der Waals surface area contributed by atoms with E-state index < -0.39 is 21.7 Å². The summed E-state index contributed by atoms with van der Waals surface area (Å²) in [5.41, 5.74) is -4.87. The Morgan fingerprint density at radius 3 is 2.67 bits per heavy atom. The Morgan fingerprint density at radius 2 is 2.05 bits per heavy atom. The first kappa shape index (κ1) is 16.1. The molecule has 0 saturated carbocycles. The van der Waals surface area contributed by atoms with E-state index in [1.807, 2.05) is 0 Å². The Balaban J connectivity index is 2.22. The van der Waals surface area contributed by atoms with E-state index in [1.54, 1.807) is 24.3 Å². The average Bonchev–Trinajstić information content (AvgIpc) is 2.37. The first-order chi connectivity index (χ1) is 9.69. The molecule has 1 unspecified atom stereocenters. The van der Waals surface area contributed by atoms with Gasteiger partial charge in [-0.25, -0.2) is 0 Å². The monoisotopic (exact) mass is 342 g/mol. The summed E-state index contributed by atoms with van der Waals surface area (Å²) in [6, 6.07) is 6.51. The molecule has 1 aromatic carbocycles. The van der Waals surface area contributed by atoms with Gasteiger partial charge in [0.25, 0.3) is 0 Å². The molecule has 1 aromatic rings. The first-order valence-corrected chi connectivity index (χ1v) is 7.56. The van der Waals surface area contributed by atoms with E-state index in [-0.39, 0.29) is 18.8 Å². The zero-order chi connectivity index (χ0) is 15.7. The van der Waals surface area contributed by atoms with Crippen LogP contribution in [0.3, 0.4) is 0 Å². The van der Waals surface area contributed by atoms with Crippen molar-refractivity contribution in [3.8, 4) is 0 Å². The molecule has 0 radical (unpaired) electrons. The summed E-state index contributed by atoms with van der Waals surface area (Å²) in [5.74, 6) is -0.302. The molecule has 0 aromatic heterocycles. The maximum Gasteiger partial charge on any atom is 0.534 e. The van der Waals surface area contributed by atoms with Crippen molar-refractivity contribution in [2.24, 2.45) is 0 Å². The lowest BCUT2D eigenvalue weighted by molar-refractivity contribution is -0.0530. The van der Waals surface area contributed by atoms with Gasteiger partial charge in [0, 0.05) is 11.4 Å². The van der Waals surface area contributed by atoms with Crippen LogP contribution in [0.4, 0.5) is 13.2 Å². The molecule has 4 nitrogen and oxygen atoms in total. The minimum Gasteiger partial charge on any atom is -0.381 e. The van der Waals surface area contributed by atoms with Crippen LogP contribution in [0.25, 0.3) is 0 Å². The standard InChI is InChI=1S/C12H10ClF3O4S/c13-9-3-1-2-8(6-9)11-7-10(4-5-19-11)20-21(17,18)12(14,15)16/h1-3,6-7,11H,4-5H2. The predicted octanol–water partition coefficient (Wildman–Crippen LogP) is 3.55. The van der Waals surface area contributed by atoms with Gasteiger partial charge in [-0.3, -0.25) is 0 Å². The molecule has 0 aliphatic carbocycles.